The standard InChI is InChI=1S/C14H20FN3O3/c1-4-5-6-7-17(3)14(19)10-8-12(16-2)11(15)9-13(10)18(20)21/h8-9,16H,4-7H2,1-3H3. The predicted octanol–water partition coefficient (Wildman–Crippen LogP) is 3.04. The van der Waals surface area contributed by atoms with Crippen molar-refractivity contribution in [2.75, 3.05) is 26.0 Å². The van der Waals surface area contributed by atoms with Crippen LogP contribution in [0.5, 0.6) is 0 Å². The number of nitro groups is 1. The molecule has 21 heavy (non-hydrogen) atoms. The second-order valence-corrected chi connectivity index (χ2v) is 4.79. The van der Waals surface area contributed by atoms with Crippen molar-refractivity contribution < 1.29 is 14.1 Å². The molecule has 0 aromatic heterocycles. The van der Waals surface area contributed by atoms with E-state index in [0.717, 1.165) is 25.3 Å². The Balaban J connectivity index is 3.09. The van der Waals surface area contributed by atoms with Gasteiger partial charge in [-0.2, -0.15) is 0 Å². The number of hydrogen-bond donors (Lipinski definition) is 1. The maximum absolute atomic E-state index is 13.6. The van der Waals surface area contributed by atoms with Gasteiger partial charge in [-0.25, -0.2) is 4.39 Å². The van der Waals surface area contributed by atoms with Crippen LogP contribution in [0.25, 0.3) is 0 Å². The zero-order valence-corrected chi connectivity index (χ0v) is 12.5. The van der Waals surface area contributed by atoms with Crippen LogP contribution >= 0.6 is 0 Å². The average molecular weight is 297 g/mol. The highest BCUT2D eigenvalue weighted by Crippen LogP contribution is 2.27. The van der Waals surface area contributed by atoms with Crippen LogP contribution in [0.1, 0.15) is 36.5 Å². The van der Waals surface area contributed by atoms with E-state index in [0.29, 0.717) is 6.54 Å². The van der Waals surface area contributed by atoms with Gasteiger partial charge in [0.15, 0.2) is 5.82 Å². The number of anilines is 1. The number of carbonyl (C=O) groups is 1. The lowest BCUT2D eigenvalue weighted by Gasteiger charge is -2.17. The molecule has 0 aliphatic rings. The van der Waals surface area contributed by atoms with E-state index < -0.39 is 22.3 Å². The van der Waals surface area contributed by atoms with E-state index in [1.165, 1.54) is 18.0 Å². The number of hydrogen-bond acceptors (Lipinski definition) is 4. The van der Waals surface area contributed by atoms with E-state index in [9.17, 15) is 19.3 Å². The maximum Gasteiger partial charge on any atom is 0.285 e. The largest absolute Gasteiger partial charge is 0.386 e. The number of halogens is 1. The molecule has 1 aromatic rings. The Hall–Kier alpha value is -2.18. The van der Waals surface area contributed by atoms with E-state index in [2.05, 4.69) is 5.32 Å². The smallest absolute Gasteiger partial charge is 0.285 e. The summed E-state index contributed by atoms with van der Waals surface area (Å²) in [6.45, 7) is 2.56. The van der Waals surface area contributed by atoms with Gasteiger partial charge < -0.3 is 10.2 Å². The van der Waals surface area contributed by atoms with Crippen LogP contribution in [0.4, 0.5) is 15.8 Å². The van der Waals surface area contributed by atoms with Gasteiger partial charge in [0.25, 0.3) is 11.6 Å². The van der Waals surface area contributed by atoms with Crippen LogP contribution in [0, 0.1) is 15.9 Å². The van der Waals surface area contributed by atoms with Crippen molar-refractivity contribution in [1.82, 2.24) is 4.90 Å². The molecule has 0 heterocycles. The molecule has 0 saturated heterocycles. The van der Waals surface area contributed by atoms with E-state index in [4.69, 9.17) is 0 Å². The van der Waals surface area contributed by atoms with Crippen molar-refractivity contribution in [3.8, 4) is 0 Å². The molecule has 7 heteroatoms. The Morgan fingerprint density at radius 2 is 2.10 bits per heavy atom. The van der Waals surface area contributed by atoms with Crippen molar-refractivity contribution in [3.63, 3.8) is 0 Å². The highest BCUT2D eigenvalue weighted by atomic mass is 19.1. The Kier molecular flexibility index (Phi) is 6.08. The molecular formula is C14H20FN3O3. The van der Waals surface area contributed by atoms with Crippen molar-refractivity contribution in [2.45, 2.75) is 26.2 Å². The number of amides is 1. The van der Waals surface area contributed by atoms with Crippen LogP contribution in [-0.4, -0.2) is 36.4 Å². The third-order valence-corrected chi connectivity index (χ3v) is 3.23. The lowest BCUT2D eigenvalue weighted by atomic mass is 10.1. The van der Waals surface area contributed by atoms with E-state index >= 15 is 0 Å². The second kappa shape index (κ2) is 7.56. The SMILES string of the molecule is CCCCCN(C)C(=O)c1cc(NC)c(F)cc1[N+](=O)[O-]. The number of nitrogens with one attached hydrogen (secondary N) is 1. The molecule has 6 nitrogen and oxygen atoms in total. The maximum atomic E-state index is 13.6. The molecule has 0 fully saturated rings. The third-order valence-electron chi connectivity index (χ3n) is 3.23. The van der Waals surface area contributed by atoms with Crippen LogP contribution in [0.15, 0.2) is 12.1 Å². The fourth-order valence-electron chi connectivity index (χ4n) is 1.98. The van der Waals surface area contributed by atoms with Gasteiger partial charge in [0, 0.05) is 20.6 Å². The van der Waals surface area contributed by atoms with Crippen molar-refractivity contribution in [2.24, 2.45) is 0 Å². The van der Waals surface area contributed by atoms with Crippen LogP contribution in [0.3, 0.4) is 0 Å². The molecule has 0 radical (unpaired) electrons. The summed E-state index contributed by atoms with van der Waals surface area (Å²) < 4.78 is 13.6. The zero-order valence-electron chi connectivity index (χ0n) is 12.5. The summed E-state index contributed by atoms with van der Waals surface area (Å²) in [6, 6.07) is 1.96. The van der Waals surface area contributed by atoms with E-state index in [-0.39, 0.29) is 11.3 Å². The summed E-state index contributed by atoms with van der Waals surface area (Å²) in [5.74, 6) is -1.23. The highest BCUT2D eigenvalue weighted by Gasteiger charge is 2.25. The molecule has 0 spiro atoms. The van der Waals surface area contributed by atoms with Crippen molar-refractivity contribution in [1.29, 1.82) is 0 Å². The number of rotatable bonds is 7. The first-order valence-electron chi connectivity index (χ1n) is 6.83. The molecule has 1 aromatic carbocycles. The van der Waals surface area contributed by atoms with Crippen LogP contribution < -0.4 is 5.32 Å². The van der Waals surface area contributed by atoms with Gasteiger partial charge >= 0.3 is 0 Å². The fourth-order valence-corrected chi connectivity index (χ4v) is 1.98. The first kappa shape index (κ1) is 16.9. The average Bonchev–Trinajstić information content (AvgIpc) is 2.46. The number of carbonyl (C=O) groups excluding carboxylic acids is 1. The normalized spacial score (nSPS) is 10.3. The van der Waals surface area contributed by atoms with Crippen LogP contribution in [-0.2, 0) is 0 Å². The summed E-state index contributed by atoms with van der Waals surface area (Å²) in [7, 11) is 3.08. The monoisotopic (exact) mass is 297 g/mol. The van der Waals surface area contributed by atoms with Gasteiger partial charge in [-0.1, -0.05) is 19.8 Å². The summed E-state index contributed by atoms with van der Waals surface area (Å²) in [5, 5.41) is 13.6. The molecule has 0 atom stereocenters. The fraction of sp³-hybridized carbons (Fsp3) is 0.500. The Morgan fingerprint density at radius 3 is 2.62 bits per heavy atom. The molecule has 116 valence electrons. The number of nitro benzene ring substituents is 1. The van der Waals surface area contributed by atoms with Crippen LogP contribution in [0.2, 0.25) is 0 Å². The Bertz CT molecular complexity index is 534. The Labute approximate surface area is 123 Å². The first-order valence-corrected chi connectivity index (χ1v) is 6.83. The lowest BCUT2D eigenvalue weighted by Crippen LogP contribution is -2.28. The third kappa shape index (κ3) is 4.14. The molecule has 0 aliphatic carbocycles. The van der Waals surface area contributed by atoms with Gasteiger partial charge in [0.2, 0.25) is 0 Å². The van der Waals surface area contributed by atoms with Gasteiger partial charge in [-0.05, 0) is 12.5 Å². The quantitative estimate of drug-likeness (QED) is 0.477. The van der Waals surface area contributed by atoms with E-state index in [1.807, 2.05) is 6.92 Å². The minimum absolute atomic E-state index is 0.0610. The Morgan fingerprint density at radius 1 is 1.43 bits per heavy atom. The molecule has 0 saturated carbocycles. The van der Waals surface area contributed by atoms with Gasteiger partial charge in [-0.3, -0.25) is 14.9 Å². The highest BCUT2D eigenvalue weighted by molar-refractivity contribution is 5.99. The van der Waals surface area contributed by atoms with Gasteiger partial charge in [0.05, 0.1) is 16.7 Å². The van der Waals surface area contributed by atoms with Crippen molar-refractivity contribution in [3.05, 3.63) is 33.6 Å². The number of nitrogens with zero attached hydrogens (tertiary/aromatic N) is 2. The number of benzene rings is 1. The lowest BCUT2D eigenvalue weighted by molar-refractivity contribution is -0.385. The van der Waals surface area contributed by atoms with Crippen molar-refractivity contribution >= 4 is 17.3 Å². The molecule has 1 N–H and O–H groups in total. The molecule has 1 amide bonds. The topological polar surface area (TPSA) is 75.5 Å². The molecule has 0 unspecified atom stereocenters. The molecule has 1 rings (SSSR count). The summed E-state index contributed by atoms with van der Waals surface area (Å²) in [4.78, 5) is 24.0. The zero-order chi connectivity index (χ0) is 16.0. The minimum Gasteiger partial charge on any atom is -0.386 e. The number of unbranched alkanes of at least 4 members (excludes halogenated alkanes) is 2. The molecule has 0 aliphatic heterocycles. The first-order chi connectivity index (χ1) is 9.92. The molecular weight excluding hydrogens is 277 g/mol. The summed E-state index contributed by atoms with van der Waals surface area (Å²) >= 11 is 0. The van der Waals surface area contributed by atoms with Gasteiger partial charge in [-0.15, -0.1) is 0 Å². The van der Waals surface area contributed by atoms with Gasteiger partial charge in [0.1, 0.15) is 5.56 Å². The second-order valence-electron chi connectivity index (χ2n) is 4.79. The summed E-state index contributed by atoms with van der Waals surface area (Å²) in [6.07, 6.45) is 2.82. The minimum atomic E-state index is -0.755. The van der Waals surface area contributed by atoms with E-state index in [1.54, 1.807) is 7.05 Å². The predicted molar refractivity (Wildman–Crippen MR) is 79.1 cm³/mol. The summed E-state index contributed by atoms with van der Waals surface area (Å²) in [5.41, 5.74) is -0.561. The molecule has 0 bridgehead atoms.